The van der Waals surface area contributed by atoms with Gasteiger partial charge in [-0.25, -0.2) is 0 Å². The average molecular weight is 305 g/mol. The highest BCUT2D eigenvalue weighted by molar-refractivity contribution is 6.68. The highest BCUT2D eigenvalue weighted by Gasteiger charge is 2.34. The molecule has 0 radical (unpaired) electrons. The van der Waals surface area contributed by atoms with E-state index >= 15 is 0 Å². The Labute approximate surface area is 118 Å². The standard InChI is InChI=1S/C11H20Cl3NO2/c1-4-5-6-17-10(11(12,13)14)15-9(16)7-8(2)3/h8,10H,4-7H2,1-3H3,(H,15,16)/t10-/m0/s1. The van der Waals surface area contributed by atoms with Gasteiger partial charge < -0.3 is 10.1 Å². The van der Waals surface area contributed by atoms with Crippen LogP contribution in [0.25, 0.3) is 0 Å². The lowest BCUT2D eigenvalue weighted by Crippen LogP contribution is -2.46. The largest absolute Gasteiger partial charge is 0.354 e. The molecular formula is C11H20Cl3NO2. The van der Waals surface area contributed by atoms with Gasteiger partial charge in [0.05, 0.1) is 0 Å². The molecule has 0 aromatic heterocycles. The van der Waals surface area contributed by atoms with Crippen molar-refractivity contribution in [2.75, 3.05) is 6.61 Å². The first-order chi connectivity index (χ1) is 7.77. The third-order valence-corrected chi connectivity index (χ3v) is 2.56. The van der Waals surface area contributed by atoms with Crippen LogP contribution in [-0.4, -0.2) is 22.5 Å². The maximum Gasteiger partial charge on any atom is 0.234 e. The zero-order valence-corrected chi connectivity index (χ0v) is 12.7. The normalized spacial score (nSPS) is 13.8. The van der Waals surface area contributed by atoms with Crippen molar-refractivity contribution in [3.05, 3.63) is 0 Å². The van der Waals surface area contributed by atoms with Crippen LogP contribution in [0.4, 0.5) is 0 Å². The van der Waals surface area contributed by atoms with E-state index in [1.54, 1.807) is 0 Å². The molecule has 0 aliphatic heterocycles. The maximum absolute atomic E-state index is 11.6. The molecule has 0 rings (SSSR count). The zero-order chi connectivity index (χ0) is 13.5. The highest BCUT2D eigenvalue weighted by atomic mass is 35.6. The van der Waals surface area contributed by atoms with E-state index in [0.717, 1.165) is 12.8 Å². The second kappa shape index (κ2) is 8.41. The number of amides is 1. The Morgan fingerprint density at radius 3 is 2.35 bits per heavy atom. The van der Waals surface area contributed by atoms with Gasteiger partial charge in [0.15, 0.2) is 6.23 Å². The Morgan fingerprint density at radius 1 is 1.35 bits per heavy atom. The van der Waals surface area contributed by atoms with Crippen molar-refractivity contribution in [1.29, 1.82) is 0 Å². The lowest BCUT2D eigenvalue weighted by atomic mass is 10.1. The molecular weight excluding hydrogens is 284 g/mol. The van der Waals surface area contributed by atoms with Crippen molar-refractivity contribution in [2.45, 2.75) is 50.1 Å². The topological polar surface area (TPSA) is 38.3 Å². The Bertz CT molecular complexity index is 229. The number of rotatable bonds is 7. The van der Waals surface area contributed by atoms with Crippen molar-refractivity contribution >= 4 is 40.7 Å². The molecule has 0 unspecified atom stereocenters. The van der Waals surface area contributed by atoms with Gasteiger partial charge in [-0.05, 0) is 12.3 Å². The van der Waals surface area contributed by atoms with Crippen molar-refractivity contribution in [3.8, 4) is 0 Å². The summed E-state index contributed by atoms with van der Waals surface area (Å²) in [6, 6.07) is 0. The Hall–Kier alpha value is 0.300. The molecule has 0 saturated carbocycles. The van der Waals surface area contributed by atoms with E-state index in [1.165, 1.54) is 0 Å². The van der Waals surface area contributed by atoms with Crippen molar-refractivity contribution < 1.29 is 9.53 Å². The molecule has 0 aliphatic rings. The quantitative estimate of drug-likeness (QED) is 0.443. The lowest BCUT2D eigenvalue weighted by Gasteiger charge is -2.26. The van der Waals surface area contributed by atoms with E-state index in [2.05, 4.69) is 5.32 Å². The van der Waals surface area contributed by atoms with Gasteiger partial charge in [0.1, 0.15) is 0 Å². The van der Waals surface area contributed by atoms with E-state index < -0.39 is 10.0 Å². The number of hydrogen-bond acceptors (Lipinski definition) is 2. The van der Waals surface area contributed by atoms with Crippen LogP contribution < -0.4 is 5.32 Å². The summed E-state index contributed by atoms with van der Waals surface area (Å²) in [5, 5.41) is 2.59. The molecule has 0 aromatic carbocycles. The molecule has 0 aromatic rings. The van der Waals surface area contributed by atoms with Gasteiger partial charge in [0.25, 0.3) is 0 Å². The van der Waals surface area contributed by atoms with Crippen LogP contribution in [0.3, 0.4) is 0 Å². The van der Waals surface area contributed by atoms with Crippen molar-refractivity contribution in [2.24, 2.45) is 5.92 Å². The number of nitrogens with one attached hydrogen (secondary N) is 1. The van der Waals surface area contributed by atoms with Crippen molar-refractivity contribution in [3.63, 3.8) is 0 Å². The Morgan fingerprint density at radius 2 is 1.94 bits per heavy atom. The van der Waals surface area contributed by atoms with Crippen LogP contribution >= 0.6 is 34.8 Å². The lowest BCUT2D eigenvalue weighted by molar-refractivity contribution is -0.126. The second-order valence-electron chi connectivity index (χ2n) is 4.31. The first kappa shape index (κ1) is 17.3. The molecule has 1 N–H and O–H groups in total. The zero-order valence-electron chi connectivity index (χ0n) is 10.4. The minimum atomic E-state index is -1.65. The summed E-state index contributed by atoms with van der Waals surface area (Å²) in [7, 11) is 0. The van der Waals surface area contributed by atoms with Crippen LogP contribution in [0.5, 0.6) is 0 Å². The van der Waals surface area contributed by atoms with Crippen LogP contribution in [0.15, 0.2) is 0 Å². The molecule has 6 heteroatoms. The summed E-state index contributed by atoms with van der Waals surface area (Å²) in [6.07, 6.45) is 1.32. The Kier molecular flexibility index (Phi) is 8.56. The van der Waals surface area contributed by atoms with Gasteiger partial charge in [-0.15, -0.1) is 0 Å². The highest BCUT2D eigenvalue weighted by Crippen LogP contribution is 2.31. The molecule has 0 spiro atoms. The molecule has 102 valence electrons. The van der Waals surface area contributed by atoms with Gasteiger partial charge in [0.2, 0.25) is 9.70 Å². The summed E-state index contributed by atoms with van der Waals surface area (Å²) in [5.41, 5.74) is 0. The maximum atomic E-state index is 11.6. The first-order valence-electron chi connectivity index (χ1n) is 5.75. The molecule has 0 bridgehead atoms. The molecule has 0 fully saturated rings. The summed E-state index contributed by atoms with van der Waals surface area (Å²) in [4.78, 5) is 11.6. The number of carbonyl (C=O) groups excluding carboxylic acids is 1. The molecule has 0 aliphatic carbocycles. The van der Waals surface area contributed by atoms with Gasteiger partial charge in [-0.1, -0.05) is 62.0 Å². The van der Waals surface area contributed by atoms with Crippen molar-refractivity contribution in [1.82, 2.24) is 5.32 Å². The predicted molar refractivity (Wildman–Crippen MR) is 72.5 cm³/mol. The second-order valence-corrected chi connectivity index (χ2v) is 6.68. The van der Waals surface area contributed by atoms with E-state index in [-0.39, 0.29) is 11.8 Å². The fourth-order valence-electron chi connectivity index (χ4n) is 1.14. The minimum absolute atomic E-state index is 0.173. The van der Waals surface area contributed by atoms with Gasteiger partial charge in [-0.3, -0.25) is 4.79 Å². The summed E-state index contributed by atoms with van der Waals surface area (Å²) >= 11 is 17.2. The molecule has 0 saturated heterocycles. The molecule has 3 nitrogen and oxygen atoms in total. The predicted octanol–water partition coefficient (Wildman–Crippen LogP) is 3.66. The third kappa shape index (κ3) is 8.95. The average Bonchev–Trinajstić information content (AvgIpc) is 2.13. The summed E-state index contributed by atoms with van der Waals surface area (Å²) in [6.45, 7) is 6.38. The smallest absolute Gasteiger partial charge is 0.234 e. The number of unbranched alkanes of at least 4 members (excludes halogenated alkanes) is 1. The molecule has 0 heterocycles. The number of ether oxygens (including phenoxy) is 1. The van der Waals surface area contributed by atoms with E-state index in [0.29, 0.717) is 13.0 Å². The monoisotopic (exact) mass is 303 g/mol. The number of hydrogen-bond donors (Lipinski definition) is 1. The van der Waals surface area contributed by atoms with Crippen LogP contribution in [0.2, 0.25) is 0 Å². The fourth-order valence-corrected chi connectivity index (χ4v) is 1.49. The molecule has 17 heavy (non-hydrogen) atoms. The molecule has 1 atom stereocenters. The number of halogens is 3. The minimum Gasteiger partial charge on any atom is -0.354 e. The molecule has 1 amide bonds. The third-order valence-electron chi connectivity index (χ3n) is 1.97. The summed E-state index contributed by atoms with van der Waals surface area (Å²) < 4.78 is 3.72. The first-order valence-corrected chi connectivity index (χ1v) is 6.88. The van der Waals surface area contributed by atoms with Gasteiger partial charge >= 0.3 is 0 Å². The fraction of sp³-hybridized carbons (Fsp3) is 0.909. The van der Waals surface area contributed by atoms with Gasteiger partial charge in [-0.2, -0.15) is 0 Å². The number of alkyl halides is 3. The van der Waals surface area contributed by atoms with E-state index in [1.807, 2.05) is 20.8 Å². The Balaban J connectivity index is 4.24. The summed E-state index contributed by atoms with van der Waals surface area (Å²) in [5.74, 6) is 0.0782. The van der Waals surface area contributed by atoms with Crippen LogP contribution in [0, 0.1) is 5.92 Å². The van der Waals surface area contributed by atoms with Gasteiger partial charge in [0, 0.05) is 13.0 Å². The van der Waals surface area contributed by atoms with E-state index in [9.17, 15) is 4.79 Å². The van der Waals surface area contributed by atoms with Crippen LogP contribution in [-0.2, 0) is 9.53 Å². The SMILES string of the molecule is CCCCO[C@H](NC(=O)CC(C)C)C(Cl)(Cl)Cl. The van der Waals surface area contributed by atoms with Crippen LogP contribution in [0.1, 0.15) is 40.0 Å². The van der Waals surface area contributed by atoms with E-state index in [4.69, 9.17) is 39.5 Å². The number of carbonyl (C=O) groups is 1.